The van der Waals surface area contributed by atoms with E-state index in [4.69, 9.17) is 10.5 Å². The number of hydrogen-bond donors (Lipinski definition) is 1. The highest BCUT2D eigenvalue weighted by Gasteiger charge is 2.06. The number of nitrogens with two attached hydrogens (primary N) is 1. The fourth-order valence-corrected chi connectivity index (χ4v) is 2.21. The second-order valence-electron chi connectivity index (χ2n) is 5.37. The Hall–Kier alpha value is -1.87. The number of aryl methyl sites for hydroxylation is 2. The summed E-state index contributed by atoms with van der Waals surface area (Å²) >= 11 is 0. The lowest BCUT2D eigenvalue weighted by Gasteiger charge is -2.12. The van der Waals surface area contributed by atoms with E-state index in [1.165, 1.54) is 5.56 Å². The van der Waals surface area contributed by atoms with E-state index in [9.17, 15) is 0 Å². The summed E-state index contributed by atoms with van der Waals surface area (Å²) in [4.78, 5) is 4.51. The Kier molecular flexibility index (Phi) is 5.34. The lowest BCUT2D eigenvalue weighted by atomic mass is 10.0. The highest BCUT2D eigenvalue weighted by molar-refractivity contribution is 5.36. The van der Waals surface area contributed by atoms with Gasteiger partial charge in [-0.2, -0.15) is 0 Å². The van der Waals surface area contributed by atoms with Crippen LogP contribution in [0.15, 0.2) is 36.4 Å². The Labute approximate surface area is 127 Å². The number of pyridine rings is 1. The normalized spacial score (nSPS) is 12.2. The maximum Gasteiger partial charge on any atom is 0.148 e. The monoisotopic (exact) mass is 284 g/mol. The van der Waals surface area contributed by atoms with Crippen molar-refractivity contribution in [3.8, 4) is 11.5 Å². The average Bonchev–Trinajstić information content (AvgIpc) is 2.50. The van der Waals surface area contributed by atoms with E-state index in [2.05, 4.69) is 31.0 Å². The summed E-state index contributed by atoms with van der Waals surface area (Å²) in [6.45, 7) is 6.19. The van der Waals surface area contributed by atoms with Crippen molar-refractivity contribution in [2.75, 3.05) is 0 Å². The van der Waals surface area contributed by atoms with Crippen LogP contribution in [0.1, 0.15) is 37.2 Å². The molecular weight excluding hydrogens is 260 g/mol. The van der Waals surface area contributed by atoms with Gasteiger partial charge in [0.15, 0.2) is 0 Å². The Morgan fingerprint density at radius 3 is 2.43 bits per heavy atom. The minimum atomic E-state index is 0.227. The number of nitrogens with zero attached hydrogens (tertiary/aromatic N) is 1. The minimum Gasteiger partial charge on any atom is -0.455 e. The molecule has 1 heterocycles. The first-order valence-electron chi connectivity index (χ1n) is 7.61. The first-order valence-corrected chi connectivity index (χ1v) is 7.61. The number of benzene rings is 1. The van der Waals surface area contributed by atoms with Crippen molar-refractivity contribution in [2.45, 2.75) is 46.1 Å². The van der Waals surface area contributed by atoms with Crippen LogP contribution in [0.25, 0.3) is 0 Å². The molecule has 0 radical (unpaired) electrons. The lowest BCUT2D eigenvalue weighted by molar-refractivity contribution is 0.472. The zero-order valence-electron chi connectivity index (χ0n) is 13.1. The molecule has 0 aliphatic rings. The molecule has 21 heavy (non-hydrogen) atoms. The highest BCUT2D eigenvalue weighted by Crippen LogP contribution is 2.25. The molecule has 0 saturated carbocycles. The van der Waals surface area contributed by atoms with Crippen molar-refractivity contribution < 1.29 is 4.74 Å². The molecule has 0 aliphatic carbocycles. The Morgan fingerprint density at radius 1 is 1.10 bits per heavy atom. The van der Waals surface area contributed by atoms with Gasteiger partial charge >= 0.3 is 0 Å². The maximum atomic E-state index is 5.98. The van der Waals surface area contributed by atoms with Crippen LogP contribution in [-0.4, -0.2) is 11.0 Å². The van der Waals surface area contributed by atoms with Gasteiger partial charge in [-0.05, 0) is 56.0 Å². The van der Waals surface area contributed by atoms with E-state index < -0.39 is 0 Å². The van der Waals surface area contributed by atoms with E-state index in [0.29, 0.717) is 0 Å². The Morgan fingerprint density at radius 2 is 1.81 bits per heavy atom. The summed E-state index contributed by atoms with van der Waals surface area (Å²) in [6.07, 6.45) is 2.76. The Balaban J connectivity index is 2.10. The zero-order chi connectivity index (χ0) is 15.2. The third kappa shape index (κ3) is 4.30. The van der Waals surface area contributed by atoms with Gasteiger partial charge in [-0.15, -0.1) is 0 Å². The average molecular weight is 284 g/mol. The topological polar surface area (TPSA) is 48.1 Å². The van der Waals surface area contributed by atoms with E-state index in [-0.39, 0.29) is 6.04 Å². The molecule has 0 saturated heterocycles. The molecule has 0 bridgehead atoms. The lowest BCUT2D eigenvalue weighted by Crippen LogP contribution is -2.21. The molecular formula is C18H24N2O. The van der Waals surface area contributed by atoms with E-state index in [0.717, 1.165) is 42.1 Å². The molecule has 2 N–H and O–H groups in total. The van der Waals surface area contributed by atoms with Crippen LogP contribution in [0.2, 0.25) is 0 Å². The van der Waals surface area contributed by atoms with Crippen molar-refractivity contribution >= 4 is 0 Å². The van der Waals surface area contributed by atoms with Gasteiger partial charge in [0, 0.05) is 11.7 Å². The molecule has 2 rings (SSSR count). The fourth-order valence-electron chi connectivity index (χ4n) is 2.21. The summed E-state index contributed by atoms with van der Waals surface area (Å²) in [5.74, 6) is 1.67. The van der Waals surface area contributed by atoms with Crippen LogP contribution in [0, 0.1) is 6.92 Å². The molecule has 1 unspecified atom stereocenters. The second kappa shape index (κ2) is 7.23. The van der Waals surface area contributed by atoms with Crippen LogP contribution in [0.3, 0.4) is 0 Å². The number of rotatable bonds is 6. The minimum absolute atomic E-state index is 0.227. The van der Waals surface area contributed by atoms with Gasteiger partial charge in [0.25, 0.3) is 0 Å². The summed E-state index contributed by atoms with van der Waals surface area (Å²) in [7, 11) is 0. The van der Waals surface area contributed by atoms with E-state index in [1.807, 2.05) is 31.2 Å². The van der Waals surface area contributed by atoms with E-state index >= 15 is 0 Å². The first-order chi connectivity index (χ1) is 10.1. The number of hydrogen-bond acceptors (Lipinski definition) is 3. The predicted molar refractivity (Wildman–Crippen MR) is 86.8 cm³/mol. The van der Waals surface area contributed by atoms with Crippen molar-refractivity contribution in [1.82, 2.24) is 4.98 Å². The van der Waals surface area contributed by atoms with Crippen LogP contribution < -0.4 is 10.5 Å². The molecule has 3 nitrogen and oxygen atoms in total. The van der Waals surface area contributed by atoms with Crippen LogP contribution in [0.5, 0.6) is 11.5 Å². The predicted octanol–water partition coefficient (Wildman–Crippen LogP) is 4.02. The molecule has 112 valence electrons. The second-order valence-corrected chi connectivity index (χ2v) is 5.37. The number of aromatic nitrogens is 1. The summed E-state index contributed by atoms with van der Waals surface area (Å²) < 4.78 is 5.95. The largest absolute Gasteiger partial charge is 0.455 e. The molecule has 0 spiro atoms. The van der Waals surface area contributed by atoms with Gasteiger partial charge < -0.3 is 10.5 Å². The van der Waals surface area contributed by atoms with Crippen LogP contribution >= 0.6 is 0 Å². The fraction of sp³-hybridized carbons (Fsp3) is 0.389. The molecule has 0 amide bonds. The molecule has 3 heteroatoms. The quantitative estimate of drug-likeness (QED) is 0.871. The van der Waals surface area contributed by atoms with Gasteiger partial charge in [0.05, 0.1) is 5.69 Å². The summed E-state index contributed by atoms with van der Waals surface area (Å²) in [5.41, 5.74) is 9.23. The van der Waals surface area contributed by atoms with Gasteiger partial charge in [0.1, 0.15) is 11.5 Å². The molecule has 1 aromatic heterocycles. The van der Waals surface area contributed by atoms with Gasteiger partial charge in [0.2, 0.25) is 0 Å². The standard InChI is InChI=1S/C18H24N2O/c1-4-15(19)12-14-7-9-16(10-8-14)21-18-11-6-13(3)20-17(18)5-2/h6-11,15H,4-5,12,19H2,1-3H3. The van der Waals surface area contributed by atoms with Gasteiger partial charge in [-0.25, -0.2) is 0 Å². The summed E-state index contributed by atoms with van der Waals surface area (Å²) in [6, 6.07) is 12.3. The maximum absolute atomic E-state index is 5.98. The van der Waals surface area contributed by atoms with Crippen LogP contribution in [0.4, 0.5) is 0 Å². The smallest absolute Gasteiger partial charge is 0.148 e. The molecule has 0 aliphatic heterocycles. The molecule has 1 atom stereocenters. The van der Waals surface area contributed by atoms with Crippen molar-refractivity contribution in [1.29, 1.82) is 0 Å². The highest BCUT2D eigenvalue weighted by atomic mass is 16.5. The third-order valence-electron chi connectivity index (χ3n) is 3.58. The van der Waals surface area contributed by atoms with Crippen molar-refractivity contribution in [2.24, 2.45) is 5.73 Å². The zero-order valence-corrected chi connectivity index (χ0v) is 13.1. The van der Waals surface area contributed by atoms with E-state index in [1.54, 1.807) is 0 Å². The first kappa shape index (κ1) is 15.5. The molecule has 1 aromatic carbocycles. The third-order valence-corrected chi connectivity index (χ3v) is 3.58. The van der Waals surface area contributed by atoms with Gasteiger partial charge in [-0.1, -0.05) is 26.0 Å². The molecule has 0 fully saturated rings. The van der Waals surface area contributed by atoms with Gasteiger partial charge in [-0.3, -0.25) is 4.98 Å². The van der Waals surface area contributed by atoms with Crippen LogP contribution in [-0.2, 0) is 12.8 Å². The molecule has 2 aromatic rings. The van der Waals surface area contributed by atoms with Crippen molar-refractivity contribution in [3.05, 3.63) is 53.3 Å². The number of ether oxygens (including phenoxy) is 1. The van der Waals surface area contributed by atoms with Crippen molar-refractivity contribution in [3.63, 3.8) is 0 Å². The summed E-state index contributed by atoms with van der Waals surface area (Å²) in [5, 5.41) is 0. The Bertz CT molecular complexity index is 578. The SMILES string of the molecule is CCc1nc(C)ccc1Oc1ccc(CC(N)CC)cc1.